The van der Waals surface area contributed by atoms with Gasteiger partial charge in [0.1, 0.15) is 18.2 Å². The predicted molar refractivity (Wildman–Crippen MR) is 71.7 cm³/mol. The van der Waals surface area contributed by atoms with Crippen LogP contribution in [0.2, 0.25) is 5.02 Å². The van der Waals surface area contributed by atoms with Crippen molar-refractivity contribution >= 4 is 29.1 Å². The molecule has 0 unspecified atom stereocenters. The van der Waals surface area contributed by atoms with Crippen LogP contribution in [-0.4, -0.2) is 0 Å². The van der Waals surface area contributed by atoms with Crippen molar-refractivity contribution in [3.63, 3.8) is 0 Å². The van der Waals surface area contributed by atoms with Crippen LogP contribution < -0.4 is 9.57 Å². The highest BCUT2D eigenvalue weighted by molar-refractivity contribution is 6.31. The zero-order valence-electron chi connectivity index (χ0n) is 9.29. The van der Waals surface area contributed by atoms with Gasteiger partial charge in [-0.15, -0.1) is 0 Å². The van der Waals surface area contributed by atoms with Crippen LogP contribution in [0.5, 0.6) is 5.75 Å². The number of ether oxygens (including phenoxy) is 1. The lowest BCUT2D eigenvalue weighted by Crippen LogP contribution is -1.99. The van der Waals surface area contributed by atoms with Crippen molar-refractivity contribution in [1.29, 1.82) is 0 Å². The summed E-state index contributed by atoms with van der Waals surface area (Å²) in [6.07, 6.45) is 0. The monoisotopic (exact) mass is 285 g/mol. The van der Waals surface area contributed by atoms with E-state index in [2.05, 4.69) is 4.84 Å². The van der Waals surface area contributed by atoms with E-state index in [-0.39, 0.29) is 12.4 Å². The fourth-order valence-electron chi connectivity index (χ4n) is 1.44. The summed E-state index contributed by atoms with van der Waals surface area (Å²) in [5.74, 6) is 0.242. The third-order valence-electron chi connectivity index (χ3n) is 2.41. The van der Waals surface area contributed by atoms with E-state index in [1.165, 1.54) is 6.07 Å². The van der Waals surface area contributed by atoms with Crippen LogP contribution in [-0.2, 0) is 6.61 Å². The molecule has 94 valence electrons. The van der Waals surface area contributed by atoms with Crippen molar-refractivity contribution in [2.75, 3.05) is 4.84 Å². The van der Waals surface area contributed by atoms with Gasteiger partial charge in [-0.2, -0.15) is 0 Å². The van der Waals surface area contributed by atoms with E-state index in [0.717, 1.165) is 5.69 Å². The molecule has 0 bridgehead atoms. The predicted octanol–water partition coefficient (Wildman–Crippen LogP) is 4.62. The van der Waals surface area contributed by atoms with Gasteiger partial charge in [0.25, 0.3) is 0 Å². The Hall–Kier alpha value is -1.45. The maximum absolute atomic E-state index is 13.5. The average Bonchev–Trinajstić information content (AvgIpc) is 2.39. The van der Waals surface area contributed by atoms with Crippen molar-refractivity contribution in [3.8, 4) is 5.75 Å². The van der Waals surface area contributed by atoms with Crippen molar-refractivity contribution in [1.82, 2.24) is 0 Å². The third kappa shape index (κ3) is 3.06. The molecule has 0 radical (unpaired) electrons. The Bertz CT molecular complexity index is 511. The average molecular weight is 286 g/mol. The van der Waals surface area contributed by atoms with Gasteiger partial charge >= 0.3 is 0 Å². The summed E-state index contributed by atoms with van der Waals surface area (Å²) in [5.41, 5.74) is 1.10. The molecule has 0 aliphatic heterocycles. The molecule has 0 atom stereocenters. The first-order valence-electron chi connectivity index (χ1n) is 5.23. The second-order valence-electron chi connectivity index (χ2n) is 3.61. The first kappa shape index (κ1) is 13.0. The summed E-state index contributed by atoms with van der Waals surface area (Å²) in [7, 11) is 0. The van der Waals surface area contributed by atoms with Gasteiger partial charge in [0.15, 0.2) is 0 Å². The number of hydrogen-bond acceptors (Lipinski definition) is 2. The molecule has 2 rings (SSSR count). The van der Waals surface area contributed by atoms with Crippen LogP contribution in [0.4, 0.5) is 10.1 Å². The second kappa shape index (κ2) is 5.94. The Kier molecular flexibility index (Phi) is 4.28. The quantitative estimate of drug-likeness (QED) is 0.828. The normalized spacial score (nSPS) is 10.2. The molecule has 0 saturated carbocycles. The SMILES string of the molecule is Fc1cccc(Cl)c1COc1ccc(NCl)cc1. The summed E-state index contributed by atoms with van der Waals surface area (Å²) in [4.78, 5) is 2.48. The topological polar surface area (TPSA) is 21.3 Å². The van der Waals surface area contributed by atoms with Gasteiger partial charge in [0.05, 0.1) is 5.02 Å². The Labute approximate surface area is 114 Å². The number of rotatable bonds is 4. The molecule has 0 aliphatic carbocycles. The fourth-order valence-corrected chi connectivity index (χ4v) is 1.78. The highest BCUT2D eigenvalue weighted by Gasteiger charge is 2.07. The van der Waals surface area contributed by atoms with E-state index in [4.69, 9.17) is 28.1 Å². The van der Waals surface area contributed by atoms with Gasteiger partial charge in [-0.3, -0.25) is 4.84 Å². The van der Waals surface area contributed by atoms with Crippen molar-refractivity contribution in [2.24, 2.45) is 0 Å². The minimum absolute atomic E-state index is 0.0825. The van der Waals surface area contributed by atoms with Crippen LogP contribution in [0.15, 0.2) is 42.5 Å². The van der Waals surface area contributed by atoms with Gasteiger partial charge in [-0.1, -0.05) is 17.7 Å². The number of halogens is 3. The molecule has 1 N–H and O–H groups in total. The fraction of sp³-hybridized carbons (Fsp3) is 0.0769. The summed E-state index contributed by atoms with van der Waals surface area (Å²) in [5, 5.41) is 0.356. The van der Waals surface area contributed by atoms with E-state index < -0.39 is 0 Å². The van der Waals surface area contributed by atoms with Crippen molar-refractivity contribution in [3.05, 3.63) is 58.9 Å². The molecule has 0 aliphatic rings. The molecule has 2 aromatic carbocycles. The molecule has 0 saturated heterocycles. The van der Waals surface area contributed by atoms with Gasteiger partial charge in [0, 0.05) is 23.0 Å². The van der Waals surface area contributed by atoms with E-state index in [1.54, 1.807) is 36.4 Å². The molecule has 5 heteroatoms. The lowest BCUT2D eigenvalue weighted by atomic mass is 10.2. The summed E-state index contributed by atoms with van der Waals surface area (Å²) in [6.45, 7) is 0.0825. The van der Waals surface area contributed by atoms with E-state index in [0.29, 0.717) is 16.3 Å². The minimum Gasteiger partial charge on any atom is -0.489 e. The zero-order valence-corrected chi connectivity index (χ0v) is 10.8. The minimum atomic E-state index is -0.374. The molecular weight excluding hydrogens is 276 g/mol. The molecule has 0 amide bonds. The largest absolute Gasteiger partial charge is 0.489 e. The first-order chi connectivity index (χ1) is 8.70. The third-order valence-corrected chi connectivity index (χ3v) is 2.98. The smallest absolute Gasteiger partial charge is 0.131 e. The Morgan fingerprint density at radius 1 is 1.11 bits per heavy atom. The van der Waals surface area contributed by atoms with Crippen LogP contribution >= 0.6 is 23.4 Å². The first-order valence-corrected chi connectivity index (χ1v) is 5.98. The van der Waals surface area contributed by atoms with Crippen LogP contribution in [0, 0.1) is 5.82 Å². The number of nitrogens with one attached hydrogen (secondary N) is 1. The number of hydrogen-bond donors (Lipinski definition) is 1. The molecule has 0 heterocycles. The van der Waals surface area contributed by atoms with Gasteiger partial charge in [0.2, 0.25) is 0 Å². The number of anilines is 1. The van der Waals surface area contributed by atoms with Crippen LogP contribution in [0.25, 0.3) is 0 Å². The number of benzene rings is 2. The van der Waals surface area contributed by atoms with Crippen LogP contribution in [0.1, 0.15) is 5.56 Å². The summed E-state index contributed by atoms with van der Waals surface area (Å²) >= 11 is 11.3. The maximum atomic E-state index is 13.5. The zero-order chi connectivity index (χ0) is 13.0. The lowest BCUT2D eigenvalue weighted by molar-refractivity contribution is 0.300. The highest BCUT2D eigenvalue weighted by Crippen LogP contribution is 2.22. The van der Waals surface area contributed by atoms with Gasteiger partial charge in [-0.25, -0.2) is 4.39 Å². The van der Waals surface area contributed by atoms with Crippen molar-refractivity contribution in [2.45, 2.75) is 6.61 Å². The standard InChI is InChI=1S/C13H10Cl2FNO/c14-12-2-1-3-13(16)11(12)8-18-10-6-4-9(17-15)5-7-10/h1-7,17H,8H2. The maximum Gasteiger partial charge on any atom is 0.131 e. The molecule has 0 aromatic heterocycles. The Morgan fingerprint density at radius 3 is 2.44 bits per heavy atom. The molecular formula is C13H10Cl2FNO. The van der Waals surface area contributed by atoms with Gasteiger partial charge < -0.3 is 4.74 Å². The van der Waals surface area contributed by atoms with E-state index in [1.807, 2.05) is 0 Å². The molecule has 18 heavy (non-hydrogen) atoms. The molecule has 2 aromatic rings. The molecule has 2 nitrogen and oxygen atoms in total. The second-order valence-corrected chi connectivity index (χ2v) is 4.20. The summed E-state index contributed by atoms with van der Waals surface area (Å²) < 4.78 is 18.9. The van der Waals surface area contributed by atoms with E-state index in [9.17, 15) is 4.39 Å². The Morgan fingerprint density at radius 2 is 1.83 bits per heavy atom. The highest BCUT2D eigenvalue weighted by atomic mass is 35.5. The summed E-state index contributed by atoms with van der Waals surface area (Å²) in [6, 6.07) is 11.5. The van der Waals surface area contributed by atoms with Crippen molar-refractivity contribution < 1.29 is 9.13 Å². The van der Waals surface area contributed by atoms with Crippen LogP contribution in [0.3, 0.4) is 0 Å². The van der Waals surface area contributed by atoms with Gasteiger partial charge in [-0.05, 0) is 36.4 Å². The molecule has 0 spiro atoms. The Balaban J connectivity index is 2.06. The van der Waals surface area contributed by atoms with E-state index >= 15 is 0 Å². The molecule has 0 fully saturated rings. The lowest BCUT2D eigenvalue weighted by Gasteiger charge is -2.09.